The number of piperidine rings is 1. The van der Waals surface area contributed by atoms with E-state index in [1.807, 2.05) is 0 Å². The molecule has 114 valence electrons. The standard InChI is InChI=1S/C12H20N2O6/c1-2-20-11(18)8-4-3-5-14(7-8)12(19)13-6-9(15)10(16)17/h8-9,15H,2-7H2,1H3,(H,13,19)(H,16,17)/t8?,9-/m0/s1. The fourth-order valence-electron chi connectivity index (χ4n) is 2.00. The first kappa shape index (κ1) is 16.2. The molecule has 1 unspecified atom stereocenters. The van der Waals surface area contributed by atoms with E-state index >= 15 is 0 Å². The van der Waals surface area contributed by atoms with Gasteiger partial charge in [-0.3, -0.25) is 4.79 Å². The number of carboxylic acid groups (broad SMARTS) is 1. The zero-order valence-electron chi connectivity index (χ0n) is 11.4. The maximum Gasteiger partial charge on any atom is 0.334 e. The molecule has 0 spiro atoms. The van der Waals surface area contributed by atoms with Crippen molar-refractivity contribution in [2.75, 3.05) is 26.2 Å². The van der Waals surface area contributed by atoms with Crippen LogP contribution in [0.5, 0.6) is 0 Å². The molecule has 2 amide bonds. The quantitative estimate of drug-likeness (QED) is 0.583. The molecule has 20 heavy (non-hydrogen) atoms. The van der Waals surface area contributed by atoms with Gasteiger partial charge in [-0.05, 0) is 19.8 Å². The van der Waals surface area contributed by atoms with Gasteiger partial charge in [-0.1, -0.05) is 0 Å². The largest absolute Gasteiger partial charge is 0.479 e. The molecule has 0 bridgehead atoms. The van der Waals surface area contributed by atoms with Gasteiger partial charge in [-0.25, -0.2) is 9.59 Å². The van der Waals surface area contributed by atoms with Crippen molar-refractivity contribution in [2.45, 2.75) is 25.9 Å². The number of rotatable bonds is 5. The lowest BCUT2D eigenvalue weighted by Crippen LogP contribution is -2.49. The second-order valence-electron chi connectivity index (χ2n) is 4.58. The number of aliphatic hydroxyl groups excluding tert-OH is 1. The van der Waals surface area contributed by atoms with Crippen LogP contribution in [0.3, 0.4) is 0 Å². The highest BCUT2D eigenvalue weighted by Gasteiger charge is 2.29. The van der Waals surface area contributed by atoms with Crippen LogP contribution < -0.4 is 5.32 Å². The summed E-state index contributed by atoms with van der Waals surface area (Å²) in [6.07, 6.45) is -0.289. The number of ether oxygens (including phenoxy) is 1. The average Bonchev–Trinajstić information content (AvgIpc) is 2.44. The van der Waals surface area contributed by atoms with Crippen molar-refractivity contribution in [3.63, 3.8) is 0 Å². The predicted molar refractivity (Wildman–Crippen MR) is 68.0 cm³/mol. The van der Waals surface area contributed by atoms with Crippen LogP contribution in [0.15, 0.2) is 0 Å². The van der Waals surface area contributed by atoms with Crippen molar-refractivity contribution in [1.82, 2.24) is 10.2 Å². The Morgan fingerprint density at radius 3 is 2.75 bits per heavy atom. The molecule has 0 aromatic carbocycles. The summed E-state index contributed by atoms with van der Waals surface area (Å²) in [6, 6.07) is -0.487. The fraction of sp³-hybridized carbons (Fsp3) is 0.750. The molecule has 1 aliphatic heterocycles. The highest BCUT2D eigenvalue weighted by Crippen LogP contribution is 2.17. The van der Waals surface area contributed by atoms with Crippen LogP contribution in [0.25, 0.3) is 0 Å². The van der Waals surface area contributed by atoms with E-state index in [1.54, 1.807) is 6.92 Å². The van der Waals surface area contributed by atoms with E-state index in [9.17, 15) is 14.4 Å². The van der Waals surface area contributed by atoms with Gasteiger partial charge in [-0.15, -0.1) is 0 Å². The minimum Gasteiger partial charge on any atom is -0.479 e. The second kappa shape index (κ2) is 7.68. The molecule has 1 rings (SSSR count). The number of nitrogens with one attached hydrogen (secondary N) is 1. The number of carboxylic acids is 1. The van der Waals surface area contributed by atoms with E-state index in [2.05, 4.69) is 5.32 Å². The Morgan fingerprint density at radius 2 is 2.15 bits per heavy atom. The number of nitrogens with zero attached hydrogens (tertiary/aromatic N) is 1. The van der Waals surface area contributed by atoms with Crippen LogP contribution in [-0.4, -0.2) is 65.4 Å². The first-order valence-corrected chi connectivity index (χ1v) is 6.56. The van der Waals surface area contributed by atoms with Crippen molar-refractivity contribution in [3.8, 4) is 0 Å². The highest BCUT2D eigenvalue weighted by molar-refractivity contribution is 5.78. The van der Waals surface area contributed by atoms with Crippen molar-refractivity contribution >= 4 is 18.0 Å². The third kappa shape index (κ3) is 4.69. The average molecular weight is 288 g/mol. The first-order chi connectivity index (χ1) is 9.45. The molecule has 0 saturated carbocycles. The summed E-state index contributed by atoms with van der Waals surface area (Å²) in [6.45, 7) is 2.39. The van der Waals surface area contributed by atoms with Crippen molar-refractivity contribution in [3.05, 3.63) is 0 Å². The van der Waals surface area contributed by atoms with Crippen molar-refractivity contribution < 1.29 is 29.3 Å². The van der Waals surface area contributed by atoms with Gasteiger partial charge < -0.3 is 25.2 Å². The number of urea groups is 1. The molecule has 8 heteroatoms. The van der Waals surface area contributed by atoms with Gasteiger partial charge in [0.05, 0.1) is 19.1 Å². The maximum absolute atomic E-state index is 11.8. The molecule has 0 aromatic rings. The van der Waals surface area contributed by atoms with E-state index in [0.717, 1.165) is 0 Å². The summed E-state index contributed by atoms with van der Waals surface area (Å²) in [5.74, 6) is -2.07. The highest BCUT2D eigenvalue weighted by atomic mass is 16.5. The minimum absolute atomic E-state index is 0.244. The number of aliphatic carboxylic acids is 1. The summed E-state index contributed by atoms with van der Waals surface area (Å²) in [5, 5.41) is 19.9. The Balaban J connectivity index is 2.44. The zero-order valence-corrected chi connectivity index (χ0v) is 11.4. The summed E-state index contributed by atoms with van der Waals surface area (Å²) in [4.78, 5) is 35.3. The van der Waals surface area contributed by atoms with Crippen LogP contribution in [0.2, 0.25) is 0 Å². The van der Waals surface area contributed by atoms with Crippen LogP contribution >= 0.6 is 0 Å². The zero-order chi connectivity index (χ0) is 15.1. The number of amides is 2. The lowest BCUT2D eigenvalue weighted by Gasteiger charge is -2.31. The molecule has 1 aliphatic rings. The molecule has 2 atom stereocenters. The topological polar surface area (TPSA) is 116 Å². The lowest BCUT2D eigenvalue weighted by atomic mass is 9.98. The number of carbonyl (C=O) groups excluding carboxylic acids is 2. The smallest absolute Gasteiger partial charge is 0.334 e. The Bertz CT molecular complexity index is 373. The summed E-state index contributed by atoms with van der Waals surface area (Å²) >= 11 is 0. The van der Waals surface area contributed by atoms with Crippen molar-refractivity contribution in [1.29, 1.82) is 0 Å². The second-order valence-corrected chi connectivity index (χ2v) is 4.58. The third-order valence-electron chi connectivity index (χ3n) is 3.06. The van der Waals surface area contributed by atoms with Gasteiger partial charge in [0.2, 0.25) is 0 Å². The molecule has 3 N–H and O–H groups in total. The van der Waals surface area contributed by atoms with Gasteiger partial charge >= 0.3 is 18.0 Å². The maximum atomic E-state index is 11.8. The molecule has 1 heterocycles. The Kier molecular flexibility index (Phi) is 6.23. The number of carbonyl (C=O) groups is 3. The van der Waals surface area contributed by atoms with Gasteiger partial charge in [-0.2, -0.15) is 0 Å². The monoisotopic (exact) mass is 288 g/mol. The number of hydrogen-bond donors (Lipinski definition) is 3. The van der Waals surface area contributed by atoms with Gasteiger partial charge in [0.1, 0.15) is 0 Å². The van der Waals surface area contributed by atoms with E-state index in [-0.39, 0.29) is 25.0 Å². The Morgan fingerprint density at radius 1 is 1.45 bits per heavy atom. The van der Waals surface area contributed by atoms with Crippen LogP contribution in [-0.2, 0) is 14.3 Å². The molecule has 0 aliphatic carbocycles. The van der Waals surface area contributed by atoms with Crippen molar-refractivity contribution in [2.24, 2.45) is 5.92 Å². The van der Waals surface area contributed by atoms with Gasteiger partial charge in [0.15, 0.2) is 6.10 Å². The fourth-order valence-corrected chi connectivity index (χ4v) is 2.00. The van der Waals surface area contributed by atoms with Crippen LogP contribution in [0.4, 0.5) is 4.79 Å². The number of esters is 1. The van der Waals surface area contributed by atoms with Crippen LogP contribution in [0, 0.1) is 5.92 Å². The van der Waals surface area contributed by atoms with E-state index in [0.29, 0.717) is 26.0 Å². The molecule has 1 saturated heterocycles. The van der Waals surface area contributed by atoms with E-state index in [4.69, 9.17) is 14.9 Å². The van der Waals surface area contributed by atoms with E-state index in [1.165, 1.54) is 4.90 Å². The third-order valence-corrected chi connectivity index (χ3v) is 3.06. The molecule has 8 nitrogen and oxygen atoms in total. The molecule has 1 fully saturated rings. The summed E-state index contributed by atoms with van der Waals surface area (Å²) in [5.41, 5.74) is 0. The number of likely N-dealkylation sites (tertiary alicyclic amines) is 1. The SMILES string of the molecule is CCOC(=O)C1CCCN(C(=O)NC[C@H](O)C(=O)O)C1. The summed E-state index contributed by atoms with van der Waals surface area (Å²) in [7, 11) is 0. The molecular formula is C12H20N2O6. The predicted octanol–water partition coefficient (Wildman–Crippen LogP) is -0.583. The lowest BCUT2D eigenvalue weighted by molar-refractivity contribution is -0.149. The minimum atomic E-state index is -1.63. The van der Waals surface area contributed by atoms with Gasteiger partial charge in [0, 0.05) is 13.1 Å². The normalized spacial score (nSPS) is 20.1. The Labute approximate surface area is 116 Å². The number of aliphatic hydroxyl groups is 1. The summed E-state index contributed by atoms with van der Waals surface area (Å²) < 4.78 is 4.92. The molecule has 0 radical (unpaired) electrons. The van der Waals surface area contributed by atoms with Gasteiger partial charge in [0.25, 0.3) is 0 Å². The Hall–Kier alpha value is -1.83. The molecule has 0 aromatic heterocycles. The first-order valence-electron chi connectivity index (χ1n) is 6.56. The van der Waals surface area contributed by atoms with Crippen LogP contribution in [0.1, 0.15) is 19.8 Å². The molecular weight excluding hydrogens is 268 g/mol. The van der Waals surface area contributed by atoms with E-state index < -0.39 is 18.1 Å². The number of hydrogen-bond acceptors (Lipinski definition) is 5.